The second-order valence-electron chi connectivity index (χ2n) is 5.07. The van der Waals surface area contributed by atoms with Gasteiger partial charge in [-0.25, -0.2) is 4.98 Å². The Labute approximate surface area is 139 Å². The van der Waals surface area contributed by atoms with Crippen molar-refractivity contribution in [2.45, 2.75) is 0 Å². The van der Waals surface area contributed by atoms with Crippen molar-refractivity contribution in [3.63, 3.8) is 0 Å². The van der Waals surface area contributed by atoms with Gasteiger partial charge in [-0.2, -0.15) is 0 Å². The second kappa shape index (κ2) is 6.75. The van der Waals surface area contributed by atoms with Gasteiger partial charge in [-0.05, 0) is 17.7 Å². The number of carbonyl (C=O) groups is 2. The molecule has 9 heteroatoms. The van der Waals surface area contributed by atoms with Crippen molar-refractivity contribution < 1.29 is 19.8 Å². The van der Waals surface area contributed by atoms with Crippen LogP contribution in [0.5, 0.6) is 5.75 Å². The van der Waals surface area contributed by atoms with Crippen LogP contribution in [0, 0.1) is 0 Å². The van der Waals surface area contributed by atoms with Crippen LogP contribution in [0.15, 0.2) is 24.4 Å². The highest BCUT2D eigenvalue weighted by molar-refractivity contribution is 6.54. The van der Waals surface area contributed by atoms with E-state index in [0.29, 0.717) is 10.6 Å². The third-order valence-electron chi connectivity index (χ3n) is 3.42. The van der Waals surface area contributed by atoms with Crippen LogP contribution >= 0.6 is 11.6 Å². The number of halogens is 1. The molecule has 0 bridgehead atoms. The molecule has 1 aromatic carbocycles. The number of benzene rings is 1. The second-order valence-corrected chi connectivity index (χ2v) is 5.48. The third-order valence-corrected chi connectivity index (χ3v) is 3.81. The molecule has 1 amide bonds. The van der Waals surface area contributed by atoms with Crippen LogP contribution < -0.4 is 16.2 Å². The van der Waals surface area contributed by atoms with Gasteiger partial charge in [-0.15, -0.1) is 0 Å². The number of carboxylic acids is 1. The van der Waals surface area contributed by atoms with E-state index in [0.717, 1.165) is 16.5 Å². The number of aliphatic carboxylic acids is 1. The molecule has 0 aliphatic carbocycles. The van der Waals surface area contributed by atoms with E-state index < -0.39 is 18.4 Å². The fourth-order valence-corrected chi connectivity index (χ4v) is 2.28. The molecule has 3 N–H and O–H groups in total. The molecular formula is C14H13B2ClN2O4. The zero-order chi connectivity index (χ0) is 17.1. The first kappa shape index (κ1) is 16.9. The molecule has 0 saturated carbocycles. The van der Waals surface area contributed by atoms with Crippen LogP contribution in [0.3, 0.4) is 0 Å². The van der Waals surface area contributed by atoms with Crippen molar-refractivity contribution in [3.05, 3.63) is 35.1 Å². The topological polar surface area (TPSA) is 99.5 Å². The largest absolute Gasteiger partial charge is 0.505 e. The van der Waals surface area contributed by atoms with Gasteiger partial charge >= 0.3 is 5.97 Å². The minimum Gasteiger partial charge on any atom is -0.505 e. The first-order chi connectivity index (χ1) is 10.8. The number of carbonyl (C=O) groups excluding carboxylic acids is 1. The van der Waals surface area contributed by atoms with Gasteiger partial charge < -0.3 is 15.5 Å². The lowest BCUT2D eigenvalue weighted by Gasteiger charge is -2.10. The number of nitrogens with zero attached hydrogens (tertiary/aromatic N) is 1. The normalized spacial score (nSPS) is 10.3. The number of aromatic hydroxyl groups is 1. The number of pyridine rings is 1. The third kappa shape index (κ3) is 3.84. The predicted molar refractivity (Wildman–Crippen MR) is 92.7 cm³/mol. The fraction of sp³-hybridized carbons (Fsp3) is 0.0714. The van der Waals surface area contributed by atoms with Gasteiger partial charge in [0.15, 0.2) is 5.69 Å². The highest BCUT2D eigenvalue weighted by Gasteiger charge is 2.15. The first-order valence-corrected chi connectivity index (χ1v) is 7.13. The molecule has 0 aliphatic rings. The van der Waals surface area contributed by atoms with Gasteiger partial charge in [0.25, 0.3) is 5.91 Å². The average Bonchev–Trinajstić information content (AvgIpc) is 2.49. The lowest BCUT2D eigenvalue weighted by molar-refractivity contribution is -0.135. The number of aromatic nitrogens is 1. The average molecular weight is 330 g/mol. The van der Waals surface area contributed by atoms with E-state index in [4.69, 9.17) is 16.7 Å². The van der Waals surface area contributed by atoms with Gasteiger partial charge in [0, 0.05) is 16.8 Å². The van der Waals surface area contributed by atoms with Crippen molar-refractivity contribution in [2.75, 3.05) is 6.54 Å². The number of carboxylic acid groups (broad SMARTS) is 1. The Morgan fingerprint density at radius 3 is 2.48 bits per heavy atom. The van der Waals surface area contributed by atoms with Gasteiger partial charge in [0.1, 0.15) is 28.0 Å². The van der Waals surface area contributed by atoms with Gasteiger partial charge in [-0.3, -0.25) is 9.59 Å². The Morgan fingerprint density at radius 1 is 1.22 bits per heavy atom. The SMILES string of the molecule is Bc1cc(-c2cnc(C(=O)NCC(=O)O)c(O)c2)cc(Cl)c1B. The van der Waals surface area contributed by atoms with Crippen molar-refractivity contribution in [2.24, 2.45) is 0 Å². The van der Waals surface area contributed by atoms with Crippen LogP contribution in [0.4, 0.5) is 0 Å². The molecule has 1 heterocycles. The number of hydrogen-bond donors (Lipinski definition) is 3. The summed E-state index contributed by atoms with van der Waals surface area (Å²) in [7, 11) is 3.83. The van der Waals surface area contributed by atoms with Crippen molar-refractivity contribution in [1.82, 2.24) is 10.3 Å². The molecule has 6 nitrogen and oxygen atoms in total. The molecule has 116 valence electrons. The predicted octanol–water partition coefficient (Wildman–Crippen LogP) is -1.56. The number of hydrogen-bond acceptors (Lipinski definition) is 4. The van der Waals surface area contributed by atoms with E-state index >= 15 is 0 Å². The maximum absolute atomic E-state index is 11.8. The molecule has 2 rings (SSSR count). The molecule has 2 aromatic rings. The van der Waals surface area contributed by atoms with Crippen LogP contribution in [0.25, 0.3) is 11.1 Å². The summed E-state index contributed by atoms with van der Waals surface area (Å²) in [5.41, 5.74) is 3.10. The summed E-state index contributed by atoms with van der Waals surface area (Å²) >= 11 is 6.16. The molecule has 0 saturated heterocycles. The van der Waals surface area contributed by atoms with E-state index in [1.807, 2.05) is 21.8 Å². The first-order valence-electron chi connectivity index (χ1n) is 6.75. The standard InChI is InChI=1S/C14H13B2ClN2O4/c15-8-1-6(2-9(17)12(8)16)7-3-10(20)13(18-4-7)14(23)19-5-11(21)22/h1-4,20H,5,15-16H2,(H,19,23)(H,21,22). The molecule has 0 fully saturated rings. The summed E-state index contributed by atoms with van der Waals surface area (Å²) in [6.07, 6.45) is 1.43. The molecular weight excluding hydrogens is 317 g/mol. The van der Waals surface area contributed by atoms with Crippen LogP contribution in [-0.4, -0.2) is 49.3 Å². The van der Waals surface area contributed by atoms with Crippen LogP contribution in [-0.2, 0) is 4.79 Å². The Bertz CT molecular complexity index is 775. The Hall–Kier alpha value is -2.47. The smallest absolute Gasteiger partial charge is 0.322 e. The zero-order valence-corrected chi connectivity index (χ0v) is 13.3. The maximum atomic E-state index is 11.8. The monoisotopic (exact) mass is 330 g/mol. The van der Waals surface area contributed by atoms with Crippen LogP contribution in [0.2, 0.25) is 5.02 Å². The number of rotatable bonds is 4. The van der Waals surface area contributed by atoms with Gasteiger partial charge in [0.2, 0.25) is 0 Å². The fourth-order valence-electron chi connectivity index (χ4n) is 2.01. The Morgan fingerprint density at radius 2 is 1.91 bits per heavy atom. The van der Waals surface area contributed by atoms with E-state index in [1.54, 1.807) is 6.07 Å². The summed E-state index contributed by atoms with van der Waals surface area (Å²) in [6, 6.07) is 5.05. The summed E-state index contributed by atoms with van der Waals surface area (Å²) in [5, 5.41) is 21.3. The zero-order valence-electron chi connectivity index (χ0n) is 12.6. The summed E-state index contributed by atoms with van der Waals surface area (Å²) < 4.78 is 0. The maximum Gasteiger partial charge on any atom is 0.322 e. The Balaban J connectivity index is 2.32. The van der Waals surface area contributed by atoms with Gasteiger partial charge in [0.05, 0.1) is 0 Å². The van der Waals surface area contributed by atoms with Gasteiger partial charge in [-0.1, -0.05) is 28.6 Å². The summed E-state index contributed by atoms with van der Waals surface area (Å²) in [4.78, 5) is 26.1. The molecule has 0 unspecified atom stereocenters. The molecule has 0 spiro atoms. The van der Waals surface area contributed by atoms with Crippen molar-refractivity contribution >= 4 is 50.1 Å². The van der Waals surface area contributed by atoms with E-state index in [9.17, 15) is 14.7 Å². The van der Waals surface area contributed by atoms with Crippen molar-refractivity contribution in [1.29, 1.82) is 0 Å². The number of nitrogens with one attached hydrogen (secondary N) is 1. The van der Waals surface area contributed by atoms with E-state index in [-0.39, 0.29) is 11.4 Å². The summed E-state index contributed by atoms with van der Waals surface area (Å²) in [6.45, 7) is -0.547. The van der Waals surface area contributed by atoms with Crippen LogP contribution in [0.1, 0.15) is 10.5 Å². The highest BCUT2D eigenvalue weighted by Crippen LogP contribution is 2.25. The quantitative estimate of drug-likeness (QED) is 0.589. The molecule has 0 radical (unpaired) electrons. The molecule has 1 aromatic heterocycles. The highest BCUT2D eigenvalue weighted by atomic mass is 35.5. The Kier molecular flexibility index (Phi) is 4.95. The minimum absolute atomic E-state index is 0.232. The lowest BCUT2D eigenvalue weighted by atomic mass is 9.79. The molecule has 0 aliphatic heterocycles. The molecule has 0 atom stereocenters. The summed E-state index contributed by atoms with van der Waals surface area (Å²) in [5.74, 6) is -2.27. The van der Waals surface area contributed by atoms with E-state index in [1.165, 1.54) is 12.3 Å². The minimum atomic E-state index is -1.18. The molecule has 23 heavy (non-hydrogen) atoms. The van der Waals surface area contributed by atoms with Crippen molar-refractivity contribution in [3.8, 4) is 16.9 Å². The van der Waals surface area contributed by atoms with E-state index in [2.05, 4.69) is 10.3 Å². The lowest BCUT2D eigenvalue weighted by Crippen LogP contribution is -2.29. The number of amides is 1.